The molecule has 24 heavy (non-hydrogen) atoms. The second-order valence-corrected chi connectivity index (χ2v) is 7.27. The zero-order valence-electron chi connectivity index (χ0n) is 16.6. The molecule has 0 bridgehead atoms. The number of nitrogens with one attached hydrogen (secondary N) is 2. The van der Waals surface area contributed by atoms with Crippen LogP contribution in [0.4, 0.5) is 0 Å². The molecule has 1 rings (SSSR count). The fourth-order valence-electron chi connectivity index (χ4n) is 2.97. The first-order valence-electron chi connectivity index (χ1n) is 9.95. The van der Waals surface area contributed by atoms with Gasteiger partial charge < -0.3 is 5.32 Å². The van der Waals surface area contributed by atoms with Gasteiger partial charge in [-0.25, -0.2) is 15.4 Å². The van der Waals surface area contributed by atoms with Gasteiger partial charge in [-0.3, -0.25) is 4.99 Å². The number of guanidine groups is 1. The Morgan fingerprint density at radius 3 is 2.46 bits per heavy atom. The molecule has 5 nitrogen and oxygen atoms in total. The summed E-state index contributed by atoms with van der Waals surface area (Å²) in [7, 11) is 0. The van der Waals surface area contributed by atoms with E-state index in [1.54, 1.807) is 0 Å². The van der Waals surface area contributed by atoms with E-state index >= 15 is 0 Å². The highest BCUT2D eigenvalue weighted by Gasteiger charge is 2.26. The van der Waals surface area contributed by atoms with Crippen molar-refractivity contribution in [2.45, 2.75) is 104 Å². The standard InChI is InChI=1S/C19H39N5/c1-6-9-10-11-12-13-15-17(14-7-2)23-24-16-21-19(4,5)22-18(24)20-8-3/h16-17,23H,6-15H2,1-5H3,(H,20,22). The third kappa shape index (κ3) is 8.13. The van der Waals surface area contributed by atoms with E-state index in [0.717, 1.165) is 12.5 Å². The molecule has 0 radical (unpaired) electrons. The summed E-state index contributed by atoms with van der Waals surface area (Å²) in [4.78, 5) is 9.15. The predicted octanol–water partition coefficient (Wildman–Crippen LogP) is 4.46. The number of hydrogen-bond acceptors (Lipinski definition) is 3. The minimum absolute atomic E-state index is 0.286. The SMILES string of the molecule is CCCCCCCCC(CCC)NN1C=NC(C)(C)NC1=NCC. The number of aliphatic imine (C=N–C) groups is 2. The number of nitrogens with zero attached hydrogens (tertiary/aromatic N) is 3. The highest BCUT2D eigenvalue weighted by atomic mass is 15.6. The molecule has 0 aliphatic carbocycles. The average molecular weight is 338 g/mol. The fraction of sp³-hybridized carbons (Fsp3) is 0.895. The summed E-state index contributed by atoms with van der Waals surface area (Å²) in [5, 5.41) is 5.38. The van der Waals surface area contributed by atoms with Crippen LogP contribution in [-0.4, -0.2) is 35.6 Å². The van der Waals surface area contributed by atoms with Gasteiger partial charge in [0, 0.05) is 12.6 Å². The summed E-state index contributed by atoms with van der Waals surface area (Å²) in [6, 6.07) is 0.484. The molecule has 0 aromatic carbocycles. The Balaban J connectivity index is 2.51. The maximum atomic E-state index is 4.58. The van der Waals surface area contributed by atoms with Crippen molar-refractivity contribution in [3.63, 3.8) is 0 Å². The van der Waals surface area contributed by atoms with Crippen molar-refractivity contribution < 1.29 is 0 Å². The highest BCUT2D eigenvalue weighted by Crippen LogP contribution is 2.14. The second kappa shape index (κ2) is 11.5. The van der Waals surface area contributed by atoms with Crippen molar-refractivity contribution in [3.05, 3.63) is 0 Å². The molecule has 0 saturated carbocycles. The van der Waals surface area contributed by atoms with E-state index in [1.807, 2.05) is 11.3 Å². The Bertz CT molecular complexity index is 389. The molecule has 0 aromatic heterocycles. The Labute approximate surface area is 149 Å². The second-order valence-electron chi connectivity index (χ2n) is 7.27. The van der Waals surface area contributed by atoms with Crippen LogP contribution < -0.4 is 10.7 Å². The van der Waals surface area contributed by atoms with Gasteiger partial charge in [0.1, 0.15) is 12.0 Å². The lowest BCUT2D eigenvalue weighted by atomic mass is 10.0. The first kappa shape index (κ1) is 20.9. The summed E-state index contributed by atoms with van der Waals surface area (Å²) >= 11 is 0. The maximum Gasteiger partial charge on any atom is 0.216 e. The third-order valence-corrected chi connectivity index (χ3v) is 4.31. The lowest BCUT2D eigenvalue weighted by Crippen LogP contribution is -2.60. The van der Waals surface area contributed by atoms with Crippen molar-refractivity contribution in [2.75, 3.05) is 6.54 Å². The normalized spacial score (nSPS) is 19.5. The Hall–Kier alpha value is -1.10. The molecule has 0 aromatic rings. The van der Waals surface area contributed by atoms with Gasteiger partial charge in [0.25, 0.3) is 0 Å². The Morgan fingerprint density at radius 1 is 1.08 bits per heavy atom. The quantitative estimate of drug-likeness (QED) is 0.517. The Morgan fingerprint density at radius 2 is 1.79 bits per heavy atom. The lowest BCUT2D eigenvalue weighted by Gasteiger charge is -2.36. The van der Waals surface area contributed by atoms with Gasteiger partial charge in [-0.2, -0.15) is 0 Å². The lowest BCUT2D eigenvalue weighted by molar-refractivity contribution is 0.295. The first-order chi connectivity index (χ1) is 11.5. The fourth-order valence-corrected chi connectivity index (χ4v) is 2.97. The molecule has 1 aliphatic rings. The van der Waals surface area contributed by atoms with E-state index in [4.69, 9.17) is 0 Å². The van der Waals surface area contributed by atoms with Gasteiger partial charge in [0.2, 0.25) is 5.96 Å². The Kier molecular flexibility index (Phi) is 9.99. The maximum absolute atomic E-state index is 4.58. The number of hydrazine groups is 1. The van der Waals surface area contributed by atoms with Gasteiger partial charge in [0.15, 0.2) is 0 Å². The van der Waals surface area contributed by atoms with E-state index in [-0.39, 0.29) is 5.66 Å². The molecule has 140 valence electrons. The van der Waals surface area contributed by atoms with E-state index in [0.29, 0.717) is 6.04 Å². The summed E-state index contributed by atoms with van der Waals surface area (Å²) in [5.74, 6) is 0.876. The van der Waals surface area contributed by atoms with Crippen LogP contribution in [0.1, 0.15) is 92.4 Å². The van der Waals surface area contributed by atoms with Gasteiger partial charge in [-0.15, -0.1) is 0 Å². The minimum atomic E-state index is -0.286. The van der Waals surface area contributed by atoms with Gasteiger partial charge in [0.05, 0.1) is 0 Å². The van der Waals surface area contributed by atoms with Crippen molar-refractivity contribution in [2.24, 2.45) is 9.98 Å². The van der Waals surface area contributed by atoms with E-state index in [9.17, 15) is 0 Å². The molecule has 1 heterocycles. The van der Waals surface area contributed by atoms with Crippen molar-refractivity contribution in [1.29, 1.82) is 0 Å². The van der Waals surface area contributed by atoms with Crippen LogP contribution in [0.5, 0.6) is 0 Å². The molecule has 0 spiro atoms. The van der Waals surface area contributed by atoms with Gasteiger partial charge >= 0.3 is 0 Å². The van der Waals surface area contributed by atoms with Crippen LogP contribution in [0.2, 0.25) is 0 Å². The summed E-state index contributed by atoms with van der Waals surface area (Å²) in [6.45, 7) is 11.5. The van der Waals surface area contributed by atoms with E-state index in [1.165, 1.54) is 57.8 Å². The van der Waals surface area contributed by atoms with Gasteiger partial charge in [-0.1, -0.05) is 58.8 Å². The summed E-state index contributed by atoms with van der Waals surface area (Å²) in [6.07, 6.45) is 13.6. The van der Waals surface area contributed by atoms with Crippen molar-refractivity contribution >= 4 is 12.3 Å². The monoisotopic (exact) mass is 337 g/mol. The average Bonchev–Trinajstić information content (AvgIpc) is 2.53. The number of unbranched alkanes of at least 4 members (excludes halogenated alkanes) is 5. The van der Waals surface area contributed by atoms with Crippen LogP contribution in [0.25, 0.3) is 0 Å². The van der Waals surface area contributed by atoms with E-state index < -0.39 is 0 Å². The van der Waals surface area contributed by atoms with Crippen molar-refractivity contribution in [1.82, 2.24) is 15.8 Å². The molecule has 0 fully saturated rings. The molecule has 5 heteroatoms. The van der Waals surface area contributed by atoms with Gasteiger partial charge in [-0.05, 0) is 33.6 Å². The third-order valence-electron chi connectivity index (χ3n) is 4.31. The molecule has 2 N–H and O–H groups in total. The molecule has 0 saturated heterocycles. The summed E-state index contributed by atoms with van der Waals surface area (Å²) < 4.78 is 0. The topological polar surface area (TPSA) is 52.0 Å². The zero-order valence-corrected chi connectivity index (χ0v) is 16.6. The van der Waals surface area contributed by atoms with E-state index in [2.05, 4.69) is 55.3 Å². The van der Waals surface area contributed by atoms with Crippen LogP contribution in [0, 0.1) is 0 Å². The molecule has 1 unspecified atom stereocenters. The van der Waals surface area contributed by atoms with Crippen LogP contribution in [-0.2, 0) is 0 Å². The molecule has 0 amide bonds. The largest absolute Gasteiger partial charge is 0.331 e. The number of hydrogen-bond donors (Lipinski definition) is 2. The number of rotatable bonds is 12. The van der Waals surface area contributed by atoms with Crippen molar-refractivity contribution in [3.8, 4) is 0 Å². The minimum Gasteiger partial charge on any atom is -0.331 e. The molecular weight excluding hydrogens is 298 g/mol. The smallest absolute Gasteiger partial charge is 0.216 e. The highest BCUT2D eigenvalue weighted by molar-refractivity contribution is 5.92. The van der Waals surface area contributed by atoms with Crippen LogP contribution in [0.15, 0.2) is 9.98 Å². The zero-order chi connectivity index (χ0) is 17.8. The predicted molar refractivity (Wildman–Crippen MR) is 105 cm³/mol. The van der Waals surface area contributed by atoms with Crippen LogP contribution in [0.3, 0.4) is 0 Å². The molecular formula is C19H39N5. The summed E-state index contributed by atoms with van der Waals surface area (Å²) in [5.41, 5.74) is 3.34. The first-order valence-corrected chi connectivity index (χ1v) is 9.95. The van der Waals surface area contributed by atoms with Crippen LogP contribution >= 0.6 is 0 Å². The molecule has 1 atom stereocenters. The molecule has 1 aliphatic heterocycles.